The average molecular weight is 272 g/mol. The molecule has 1 aromatic rings. The molecule has 0 aliphatic carbocycles. The van der Waals surface area contributed by atoms with Crippen molar-refractivity contribution >= 4 is 15.8 Å². The van der Waals surface area contributed by atoms with Crippen molar-refractivity contribution < 1.29 is 23.1 Å². The monoisotopic (exact) mass is 272 g/mol. The van der Waals surface area contributed by atoms with Crippen LogP contribution in [0.2, 0.25) is 0 Å². The number of hydrogen-bond donors (Lipinski definition) is 1. The van der Waals surface area contributed by atoms with Gasteiger partial charge in [-0.1, -0.05) is 0 Å². The molecule has 1 unspecified atom stereocenters. The van der Waals surface area contributed by atoms with Gasteiger partial charge in [0, 0.05) is 0 Å². The summed E-state index contributed by atoms with van der Waals surface area (Å²) < 4.78 is 29.3. The average Bonchev–Trinajstić information content (AvgIpc) is 2.30. The Balaban J connectivity index is 3.50. The van der Waals surface area contributed by atoms with Crippen molar-refractivity contribution in [3.05, 3.63) is 23.3 Å². The van der Waals surface area contributed by atoms with Crippen molar-refractivity contribution in [1.82, 2.24) is 0 Å². The van der Waals surface area contributed by atoms with Crippen LogP contribution >= 0.6 is 0 Å². The second-order valence-corrected chi connectivity index (χ2v) is 6.35. The van der Waals surface area contributed by atoms with Crippen LogP contribution in [-0.4, -0.2) is 31.9 Å². The molecule has 0 radical (unpaired) electrons. The van der Waals surface area contributed by atoms with E-state index in [-0.39, 0.29) is 10.6 Å². The Bertz CT molecular complexity index is 574. The van der Waals surface area contributed by atoms with Crippen LogP contribution < -0.4 is 4.74 Å². The molecule has 0 aromatic heterocycles. The molecule has 1 aromatic carbocycles. The number of methoxy groups -OCH3 is 1. The normalized spacial score (nSPS) is 13.1. The summed E-state index contributed by atoms with van der Waals surface area (Å²) in [6.45, 7) is 4.74. The smallest absolute Gasteiger partial charge is 0.321 e. The molecule has 0 aliphatic heterocycles. The number of carbonyl (C=O) groups is 1. The second kappa shape index (κ2) is 4.97. The minimum absolute atomic E-state index is 0.0806. The molecule has 5 nitrogen and oxygen atoms in total. The Kier molecular flexibility index (Phi) is 4.01. The van der Waals surface area contributed by atoms with E-state index >= 15 is 0 Å². The number of ether oxygens (including phenoxy) is 1. The zero-order valence-electron chi connectivity index (χ0n) is 10.7. The summed E-state index contributed by atoms with van der Waals surface area (Å²) in [4.78, 5) is 10.8. The highest BCUT2D eigenvalue weighted by Gasteiger charge is 2.32. The van der Waals surface area contributed by atoms with E-state index in [0.29, 0.717) is 0 Å². The van der Waals surface area contributed by atoms with E-state index in [0.717, 1.165) is 18.1 Å². The van der Waals surface area contributed by atoms with E-state index in [4.69, 9.17) is 9.84 Å². The van der Waals surface area contributed by atoms with Crippen molar-refractivity contribution in [3.8, 4) is 5.75 Å². The highest BCUT2D eigenvalue weighted by atomic mass is 32.2. The SMILES string of the molecule is COc1cc(C)c(C)cc1S(=O)(=O)C(C)C(=O)O. The second-order valence-electron chi connectivity index (χ2n) is 4.11. The minimum Gasteiger partial charge on any atom is -0.495 e. The molecule has 0 heterocycles. The lowest BCUT2D eigenvalue weighted by Crippen LogP contribution is -2.27. The fourth-order valence-corrected chi connectivity index (χ4v) is 2.88. The fraction of sp³-hybridized carbons (Fsp3) is 0.417. The summed E-state index contributed by atoms with van der Waals surface area (Å²) in [6.07, 6.45) is 0. The number of carboxylic acid groups (broad SMARTS) is 1. The van der Waals surface area contributed by atoms with Crippen LogP contribution in [0.3, 0.4) is 0 Å². The number of carboxylic acids is 1. The number of rotatable bonds is 4. The maximum atomic E-state index is 12.2. The van der Waals surface area contributed by atoms with E-state index < -0.39 is 21.1 Å². The Morgan fingerprint density at radius 3 is 2.22 bits per heavy atom. The van der Waals surface area contributed by atoms with Gasteiger partial charge in [-0.15, -0.1) is 0 Å². The molecule has 0 spiro atoms. The molecule has 0 amide bonds. The summed E-state index contributed by atoms with van der Waals surface area (Å²) in [5.74, 6) is -1.21. The third-order valence-electron chi connectivity index (χ3n) is 2.90. The van der Waals surface area contributed by atoms with Crippen molar-refractivity contribution in [3.63, 3.8) is 0 Å². The van der Waals surface area contributed by atoms with Crippen LogP contribution in [0.25, 0.3) is 0 Å². The molecular weight excluding hydrogens is 256 g/mol. The molecule has 6 heteroatoms. The van der Waals surface area contributed by atoms with Crippen molar-refractivity contribution in [1.29, 1.82) is 0 Å². The van der Waals surface area contributed by atoms with Crippen LogP contribution in [0.5, 0.6) is 5.75 Å². The van der Waals surface area contributed by atoms with E-state index in [1.54, 1.807) is 13.0 Å². The molecule has 1 rings (SSSR count). The number of aliphatic carboxylic acids is 1. The lowest BCUT2D eigenvalue weighted by Gasteiger charge is -2.14. The number of hydrogen-bond acceptors (Lipinski definition) is 4. The molecular formula is C12H16O5S. The van der Waals surface area contributed by atoms with Gasteiger partial charge >= 0.3 is 5.97 Å². The molecule has 1 atom stereocenters. The first-order valence-electron chi connectivity index (χ1n) is 5.33. The fourth-order valence-electron chi connectivity index (χ4n) is 1.47. The predicted octanol–water partition coefficient (Wildman–Crippen LogP) is 1.56. The minimum atomic E-state index is -3.94. The largest absolute Gasteiger partial charge is 0.495 e. The van der Waals surface area contributed by atoms with Crippen LogP contribution in [-0.2, 0) is 14.6 Å². The number of benzene rings is 1. The maximum absolute atomic E-state index is 12.2. The van der Waals surface area contributed by atoms with Gasteiger partial charge in [0.15, 0.2) is 15.1 Å². The Morgan fingerprint density at radius 2 is 1.78 bits per heavy atom. The van der Waals surface area contributed by atoms with Crippen LogP contribution in [0.15, 0.2) is 17.0 Å². The molecule has 0 saturated heterocycles. The van der Waals surface area contributed by atoms with Gasteiger partial charge in [-0.2, -0.15) is 0 Å². The standard InChI is InChI=1S/C12H16O5S/c1-7-5-10(17-4)11(6-8(7)2)18(15,16)9(3)12(13)14/h5-6,9H,1-4H3,(H,13,14). The van der Waals surface area contributed by atoms with Crippen LogP contribution in [0.1, 0.15) is 18.1 Å². The predicted molar refractivity (Wildman–Crippen MR) is 66.8 cm³/mol. The first kappa shape index (κ1) is 14.5. The summed E-state index contributed by atoms with van der Waals surface area (Å²) >= 11 is 0. The lowest BCUT2D eigenvalue weighted by molar-refractivity contribution is -0.136. The topological polar surface area (TPSA) is 80.7 Å². The highest BCUT2D eigenvalue weighted by molar-refractivity contribution is 7.92. The van der Waals surface area contributed by atoms with Crippen LogP contribution in [0, 0.1) is 13.8 Å². The first-order chi connectivity index (χ1) is 8.21. The zero-order chi connectivity index (χ0) is 14.1. The van der Waals surface area contributed by atoms with E-state index in [1.807, 2.05) is 6.92 Å². The number of sulfone groups is 1. The summed E-state index contributed by atoms with van der Waals surface area (Å²) in [5, 5.41) is 7.34. The third kappa shape index (κ3) is 2.48. The van der Waals surface area contributed by atoms with Crippen molar-refractivity contribution in [2.24, 2.45) is 0 Å². The summed E-state index contributed by atoms with van der Waals surface area (Å²) in [6, 6.07) is 3.04. The van der Waals surface area contributed by atoms with Gasteiger partial charge in [0.2, 0.25) is 0 Å². The van der Waals surface area contributed by atoms with Crippen molar-refractivity contribution in [2.45, 2.75) is 30.9 Å². The van der Waals surface area contributed by atoms with Gasteiger partial charge in [0.25, 0.3) is 0 Å². The first-order valence-corrected chi connectivity index (χ1v) is 6.88. The van der Waals surface area contributed by atoms with Gasteiger partial charge < -0.3 is 9.84 Å². The molecule has 100 valence electrons. The van der Waals surface area contributed by atoms with E-state index in [2.05, 4.69) is 0 Å². The third-order valence-corrected chi connectivity index (χ3v) is 4.96. The summed E-state index contributed by atoms with van der Waals surface area (Å²) in [5.41, 5.74) is 1.65. The van der Waals surface area contributed by atoms with Gasteiger partial charge in [0.1, 0.15) is 10.6 Å². The Morgan fingerprint density at radius 1 is 1.28 bits per heavy atom. The summed E-state index contributed by atoms with van der Waals surface area (Å²) in [7, 11) is -2.59. The molecule has 0 fully saturated rings. The number of aryl methyl sites for hydroxylation is 2. The molecule has 0 aliphatic rings. The quantitative estimate of drug-likeness (QED) is 0.899. The van der Waals surface area contributed by atoms with Crippen LogP contribution in [0.4, 0.5) is 0 Å². The van der Waals surface area contributed by atoms with E-state index in [1.165, 1.54) is 13.2 Å². The molecule has 0 saturated carbocycles. The highest BCUT2D eigenvalue weighted by Crippen LogP contribution is 2.30. The Hall–Kier alpha value is -1.56. The maximum Gasteiger partial charge on any atom is 0.321 e. The molecule has 1 N–H and O–H groups in total. The van der Waals surface area contributed by atoms with Crippen molar-refractivity contribution in [2.75, 3.05) is 7.11 Å². The Labute approximate surface area is 106 Å². The van der Waals surface area contributed by atoms with E-state index in [9.17, 15) is 13.2 Å². The molecule has 0 bridgehead atoms. The van der Waals surface area contributed by atoms with Gasteiger partial charge in [-0.05, 0) is 44.0 Å². The van der Waals surface area contributed by atoms with Gasteiger partial charge in [0.05, 0.1) is 7.11 Å². The zero-order valence-corrected chi connectivity index (χ0v) is 11.5. The lowest BCUT2D eigenvalue weighted by atomic mass is 10.1. The van der Waals surface area contributed by atoms with Gasteiger partial charge in [-0.3, -0.25) is 4.79 Å². The van der Waals surface area contributed by atoms with Gasteiger partial charge in [-0.25, -0.2) is 8.42 Å². The molecule has 18 heavy (non-hydrogen) atoms.